The molecule has 174 valence electrons. The molecule has 7 heteroatoms. The Hall–Kier alpha value is -3.90. The maximum atomic E-state index is 11.6. The third kappa shape index (κ3) is 4.10. The zero-order chi connectivity index (χ0) is 23.9. The lowest BCUT2D eigenvalue weighted by Crippen LogP contribution is -2.04. The smallest absolute Gasteiger partial charge is 0.323 e. The number of nitrogens with zero attached hydrogens (tertiary/aromatic N) is 3. The Balaban J connectivity index is 1.39. The van der Waals surface area contributed by atoms with E-state index in [0.29, 0.717) is 16.8 Å². The highest BCUT2D eigenvalue weighted by Gasteiger charge is 2.30. The first kappa shape index (κ1) is 21.6. The van der Waals surface area contributed by atoms with E-state index < -0.39 is 5.76 Å². The summed E-state index contributed by atoms with van der Waals surface area (Å²) >= 11 is 6.45. The molecule has 0 saturated heterocycles. The molecule has 35 heavy (non-hydrogen) atoms. The molecule has 6 rings (SSSR count). The lowest BCUT2D eigenvalue weighted by molar-refractivity contribution is 0.385. The molecule has 0 aliphatic heterocycles. The molecule has 5 aromatic rings. The van der Waals surface area contributed by atoms with Crippen molar-refractivity contribution in [3.8, 4) is 0 Å². The van der Waals surface area contributed by atoms with Crippen LogP contribution in [0.15, 0.2) is 82.1 Å². The Bertz CT molecular complexity index is 1610. The van der Waals surface area contributed by atoms with E-state index in [4.69, 9.17) is 21.1 Å². The number of aromatic amines is 1. The number of hydrogen-bond acceptors (Lipinski definition) is 4. The van der Waals surface area contributed by atoms with Gasteiger partial charge >= 0.3 is 5.76 Å². The van der Waals surface area contributed by atoms with Gasteiger partial charge in [0.15, 0.2) is 5.82 Å². The fraction of sp³-hybridized carbons (Fsp3) is 0.179. The Morgan fingerprint density at radius 1 is 1.03 bits per heavy atom. The van der Waals surface area contributed by atoms with Crippen LogP contribution in [0.2, 0.25) is 5.02 Å². The molecule has 0 radical (unpaired) electrons. The van der Waals surface area contributed by atoms with Gasteiger partial charge < -0.3 is 4.57 Å². The van der Waals surface area contributed by atoms with Gasteiger partial charge in [-0.3, -0.25) is 9.51 Å². The minimum absolute atomic E-state index is 0.425. The van der Waals surface area contributed by atoms with Crippen LogP contribution in [-0.2, 0) is 6.54 Å². The number of nitrogens with one attached hydrogen (secondary N) is 1. The predicted octanol–water partition coefficient (Wildman–Crippen LogP) is 6.27. The second-order valence-corrected chi connectivity index (χ2v) is 9.35. The number of rotatable bonds is 6. The lowest BCUT2D eigenvalue weighted by atomic mass is 9.92. The van der Waals surface area contributed by atoms with Gasteiger partial charge in [0, 0.05) is 18.0 Å². The molecular formula is C28H23ClN4O2. The number of benzene rings is 3. The van der Waals surface area contributed by atoms with Crippen LogP contribution in [0.1, 0.15) is 54.0 Å². The van der Waals surface area contributed by atoms with Gasteiger partial charge in [-0.25, -0.2) is 9.78 Å². The largest absolute Gasteiger partial charge is 0.439 e. The molecule has 3 aromatic carbocycles. The first-order chi connectivity index (χ1) is 17.1. The zero-order valence-electron chi connectivity index (χ0n) is 19.2. The zero-order valence-corrected chi connectivity index (χ0v) is 19.9. The number of H-pyrrole nitrogens is 1. The molecule has 6 nitrogen and oxygen atoms in total. The fourth-order valence-corrected chi connectivity index (χ4v) is 4.84. The maximum Gasteiger partial charge on any atom is 0.439 e. The van der Waals surface area contributed by atoms with Crippen LogP contribution in [0.5, 0.6) is 0 Å². The average molecular weight is 483 g/mol. The summed E-state index contributed by atoms with van der Waals surface area (Å²) in [5.41, 5.74) is 7.00. The number of para-hydroxylation sites is 1. The molecule has 2 aromatic heterocycles. The van der Waals surface area contributed by atoms with Crippen molar-refractivity contribution in [3.63, 3.8) is 0 Å². The lowest BCUT2D eigenvalue weighted by Gasteiger charge is -2.14. The fourth-order valence-electron chi connectivity index (χ4n) is 4.62. The third-order valence-corrected chi connectivity index (χ3v) is 6.82. The molecule has 0 spiro atoms. The Kier molecular flexibility index (Phi) is 5.38. The van der Waals surface area contributed by atoms with Crippen LogP contribution in [-0.4, -0.2) is 19.7 Å². The molecule has 0 bridgehead atoms. The second-order valence-electron chi connectivity index (χ2n) is 8.94. The van der Waals surface area contributed by atoms with Crippen molar-refractivity contribution in [3.05, 3.63) is 117 Å². The number of aromatic nitrogens is 4. The van der Waals surface area contributed by atoms with Crippen molar-refractivity contribution in [2.45, 2.75) is 32.2 Å². The van der Waals surface area contributed by atoms with Gasteiger partial charge in [-0.1, -0.05) is 77.4 Å². The predicted molar refractivity (Wildman–Crippen MR) is 137 cm³/mol. The van der Waals surface area contributed by atoms with Crippen LogP contribution in [0.4, 0.5) is 0 Å². The number of halogens is 1. The number of imidazole rings is 1. The molecule has 0 unspecified atom stereocenters. The molecule has 1 N–H and O–H groups in total. The van der Waals surface area contributed by atoms with Gasteiger partial charge in [-0.2, -0.15) is 0 Å². The molecule has 1 aliphatic rings. The monoisotopic (exact) mass is 482 g/mol. The van der Waals surface area contributed by atoms with Crippen LogP contribution in [0, 0.1) is 0 Å². The Morgan fingerprint density at radius 3 is 2.46 bits per heavy atom. The Labute approximate surface area is 206 Å². The molecule has 1 saturated carbocycles. The van der Waals surface area contributed by atoms with Gasteiger partial charge in [0.2, 0.25) is 0 Å². The van der Waals surface area contributed by atoms with E-state index in [9.17, 15) is 4.79 Å². The number of allylic oxidation sites excluding steroid dienone is 1. The van der Waals surface area contributed by atoms with Gasteiger partial charge in [0.05, 0.1) is 10.5 Å². The van der Waals surface area contributed by atoms with E-state index in [1.807, 2.05) is 49.4 Å². The summed E-state index contributed by atoms with van der Waals surface area (Å²) in [6.45, 7) is 2.66. The standard InChI is InChI=1S/C28H23ClN4O2/c1-17(26-31-28(34)35-32-26)24(19-6-3-2-4-7-19)20-12-10-18(11-13-20)16-33-23-9-5-8-22(29)25(23)30-27(33)21-14-15-21/h2-13,21H,14-16H2,1H3,(H,31,32,34)/b24-17+. The highest BCUT2D eigenvalue weighted by molar-refractivity contribution is 6.34. The van der Waals surface area contributed by atoms with E-state index in [1.165, 1.54) is 18.4 Å². The van der Waals surface area contributed by atoms with Crippen molar-refractivity contribution >= 4 is 33.8 Å². The molecule has 0 amide bonds. The van der Waals surface area contributed by atoms with Crippen LogP contribution in [0.3, 0.4) is 0 Å². The first-order valence-electron chi connectivity index (χ1n) is 11.6. The van der Waals surface area contributed by atoms with Crippen molar-refractivity contribution in [1.82, 2.24) is 19.7 Å². The second kappa shape index (κ2) is 8.71. The summed E-state index contributed by atoms with van der Waals surface area (Å²) in [7, 11) is 0. The number of hydrogen-bond donors (Lipinski definition) is 1. The van der Waals surface area contributed by atoms with Crippen LogP contribution >= 0.6 is 11.6 Å². The highest BCUT2D eigenvalue weighted by Crippen LogP contribution is 2.41. The maximum absolute atomic E-state index is 11.6. The summed E-state index contributed by atoms with van der Waals surface area (Å²) in [6.07, 6.45) is 2.35. The first-order valence-corrected chi connectivity index (χ1v) is 12.0. The van der Waals surface area contributed by atoms with Gasteiger partial charge in [0.1, 0.15) is 11.3 Å². The van der Waals surface area contributed by atoms with Crippen LogP contribution in [0.25, 0.3) is 22.2 Å². The van der Waals surface area contributed by atoms with E-state index in [2.05, 4.69) is 45.0 Å². The van der Waals surface area contributed by atoms with E-state index >= 15 is 0 Å². The summed E-state index contributed by atoms with van der Waals surface area (Å²) in [6, 6.07) is 24.6. The van der Waals surface area contributed by atoms with Crippen molar-refractivity contribution in [2.75, 3.05) is 0 Å². The quantitative estimate of drug-likeness (QED) is 0.309. The van der Waals surface area contributed by atoms with E-state index in [1.54, 1.807) is 0 Å². The normalized spacial score (nSPS) is 14.3. The number of fused-ring (bicyclic) bond motifs is 1. The highest BCUT2D eigenvalue weighted by atomic mass is 35.5. The third-order valence-electron chi connectivity index (χ3n) is 6.52. The molecule has 2 heterocycles. The molecule has 1 fully saturated rings. The van der Waals surface area contributed by atoms with Gasteiger partial charge in [-0.15, -0.1) is 0 Å². The summed E-state index contributed by atoms with van der Waals surface area (Å²) < 4.78 is 7.05. The molecule has 0 atom stereocenters. The SMILES string of the molecule is C/C(=C(/c1ccccc1)c1ccc(Cn2c(C3CC3)nc3c(Cl)cccc32)cc1)c1noc(=O)[nH]1. The van der Waals surface area contributed by atoms with E-state index in [-0.39, 0.29) is 0 Å². The summed E-state index contributed by atoms with van der Waals surface area (Å²) in [5, 5.41) is 4.59. The summed E-state index contributed by atoms with van der Waals surface area (Å²) in [5.74, 6) is 1.49. The topological polar surface area (TPSA) is 76.7 Å². The minimum atomic E-state index is -0.568. The molecular weight excluding hydrogens is 460 g/mol. The average Bonchev–Trinajstić information content (AvgIpc) is 3.52. The van der Waals surface area contributed by atoms with Gasteiger partial charge in [-0.05, 0) is 54.2 Å². The summed E-state index contributed by atoms with van der Waals surface area (Å²) in [4.78, 5) is 19.1. The van der Waals surface area contributed by atoms with Gasteiger partial charge in [0.25, 0.3) is 0 Å². The van der Waals surface area contributed by atoms with Crippen molar-refractivity contribution < 1.29 is 4.52 Å². The van der Waals surface area contributed by atoms with Crippen LogP contribution < -0.4 is 5.76 Å². The Morgan fingerprint density at radius 2 is 1.77 bits per heavy atom. The molecule has 1 aliphatic carbocycles. The minimum Gasteiger partial charge on any atom is -0.323 e. The van der Waals surface area contributed by atoms with Crippen molar-refractivity contribution in [2.24, 2.45) is 0 Å². The van der Waals surface area contributed by atoms with E-state index in [0.717, 1.165) is 45.7 Å². The van der Waals surface area contributed by atoms with Crippen molar-refractivity contribution in [1.29, 1.82) is 0 Å².